The van der Waals surface area contributed by atoms with E-state index in [9.17, 15) is 9.90 Å². The zero-order valence-corrected chi connectivity index (χ0v) is 17.3. The molecule has 31 heavy (non-hydrogen) atoms. The summed E-state index contributed by atoms with van der Waals surface area (Å²) < 4.78 is 6.65. The van der Waals surface area contributed by atoms with E-state index in [1.54, 1.807) is 31.4 Å². The Bertz CT molecular complexity index is 1270. The number of aromatic nitrogens is 3. The van der Waals surface area contributed by atoms with Crippen LogP contribution in [0, 0.1) is 0 Å². The van der Waals surface area contributed by atoms with E-state index in [0.29, 0.717) is 17.0 Å². The lowest BCUT2D eigenvalue weighted by atomic mass is 10.1. The summed E-state index contributed by atoms with van der Waals surface area (Å²) in [5.41, 5.74) is 3.49. The van der Waals surface area contributed by atoms with Crippen LogP contribution >= 0.6 is 0 Å². The first-order valence-electron chi connectivity index (χ1n) is 10.5. The molecule has 0 spiro atoms. The van der Waals surface area contributed by atoms with Gasteiger partial charge in [-0.05, 0) is 37.0 Å². The minimum absolute atomic E-state index is 0.177. The van der Waals surface area contributed by atoms with Gasteiger partial charge in [0, 0.05) is 18.7 Å². The topological polar surface area (TPSA) is 82.9 Å². The highest BCUT2D eigenvalue weighted by atomic mass is 16.5. The van der Waals surface area contributed by atoms with E-state index in [0.717, 1.165) is 42.9 Å². The van der Waals surface area contributed by atoms with Crippen LogP contribution in [0.25, 0.3) is 28.0 Å². The maximum Gasteiger partial charge on any atom is 0.262 e. The fourth-order valence-electron chi connectivity index (χ4n) is 4.28. The molecular formula is C24H24N4O3. The Kier molecular flexibility index (Phi) is 4.86. The molecule has 7 heteroatoms. The normalized spacial score (nSPS) is 14.2. The predicted molar refractivity (Wildman–Crippen MR) is 121 cm³/mol. The second-order valence-electron chi connectivity index (χ2n) is 7.75. The van der Waals surface area contributed by atoms with Crippen molar-refractivity contribution in [3.8, 4) is 34.0 Å². The van der Waals surface area contributed by atoms with Crippen molar-refractivity contribution < 1.29 is 9.84 Å². The number of piperidine rings is 1. The molecule has 0 saturated carbocycles. The van der Waals surface area contributed by atoms with E-state index in [4.69, 9.17) is 9.84 Å². The van der Waals surface area contributed by atoms with Gasteiger partial charge >= 0.3 is 0 Å². The van der Waals surface area contributed by atoms with Gasteiger partial charge in [-0.15, -0.1) is 0 Å². The molecule has 1 fully saturated rings. The maximum absolute atomic E-state index is 13.1. The Labute approximate surface area is 179 Å². The van der Waals surface area contributed by atoms with Gasteiger partial charge < -0.3 is 19.7 Å². The molecule has 3 heterocycles. The maximum atomic E-state index is 13.1. The van der Waals surface area contributed by atoms with Crippen LogP contribution < -0.4 is 15.2 Å². The molecule has 0 radical (unpaired) electrons. The number of ether oxygens (including phenoxy) is 1. The summed E-state index contributed by atoms with van der Waals surface area (Å²) in [4.78, 5) is 18.3. The monoisotopic (exact) mass is 416 g/mol. The standard InChI is InChI=1S/C24H24N4O3/c1-31-18-12-10-16(11-13-18)19-23(29)25-22-21(27-14-6-3-7-15-27)20(26-28(22)24(19)30)17-8-4-2-5-9-17/h2,4-5,8-13,30H,3,6-7,14-15H2,1H3,(H,25,29). The van der Waals surface area contributed by atoms with Crippen LogP contribution in [0.4, 0.5) is 5.69 Å². The summed E-state index contributed by atoms with van der Waals surface area (Å²) in [7, 11) is 1.59. The van der Waals surface area contributed by atoms with Gasteiger partial charge in [-0.25, -0.2) is 0 Å². The van der Waals surface area contributed by atoms with Gasteiger partial charge in [-0.3, -0.25) is 4.79 Å². The van der Waals surface area contributed by atoms with Crippen LogP contribution in [0.15, 0.2) is 59.4 Å². The number of rotatable bonds is 4. The van der Waals surface area contributed by atoms with E-state index in [-0.39, 0.29) is 17.0 Å². The van der Waals surface area contributed by atoms with Crippen LogP contribution in [0.1, 0.15) is 19.3 Å². The molecule has 2 N–H and O–H groups in total. The van der Waals surface area contributed by atoms with Gasteiger partial charge in [-0.1, -0.05) is 42.5 Å². The van der Waals surface area contributed by atoms with Crippen LogP contribution in [0.5, 0.6) is 11.6 Å². The highest BCUT2D eigenvalue weighted by Crippen LogP contribution is 2.37. The Morgan fingerprint density at radius 2 is 1.68 bits per heavy atom. The number of aromatic amines is 1. The molecular weight excluding hydrogens is 392 g/mol. The lowest BCUT2D eigenvalue weighted by Gasteiger charge is -2.28. The van der Waals surface area contributed by atoms with Crippen molar-refractivity contribution in [3.63, 3.8) is 0 Å². The van der Waals surface area contributed by atoms with Gasteiger partial charge in [0.25, 0.3) is 5.56 Å². The summed E-state index contributed by atoms with van der Waals surface area (Å²) in [6, 6.07) is 16.9. The van der Waals surface area contributed by atoms with Crippen LogP contribution in [-0.2, 0) is 0 Å². The van der Waals surface area contributed by atoms with Gasteiger partial charge in [0.15, 0.2) is 5.65 Å². The van der Waals surface area contributed by atoms with Gasteiger partial charge in [0.2, 0.25) is 5.88 Å². The number of anilines is 1. The molecule has 158 valence electrons. The van der Waals surface area contributed by atoms with E-state index in [1.807, 2.05) is 30.3 Å². The van der Waals surface area contributed by atoms with E-state index >= 15 is 0 Å². The average molecular weight is 416 g/mol. The molecule has 0 bridgehead atoms. The number of benzene rings is 2. The molecule has 2 aromatic heterocycles. The Morgan fingerprint density at radius 3 is 2.35 bits per heavy atom. The molecule has 7 nitrogen and oxygen atoms in total. The molecule has 4 aromatic rings. The first kappa shape index (κ1) is 19.2. The van der Waals surface area contributed by atoms with Gasteiger partial charge in [0.1, 0.15) is 22.7 Å². The van der Waals surface area contributed by atoms with Crippen molar-refractivity contribution in [1.82, 2.24) is 14.6 Å². The van der Waals surface area contributed by atoms with Crippen LogP contribution in [0.3, 0.4) is 0 Å². The third kappa shape index (κ3) is 3.32. The molecule has 1 aliphatic rings. The first-order valence-corrected chi connectivity index (χ1v) is 10.5. The Morgan fingerprint density at radius 1 is 0.968 bits per heavy atom. The third-order valence-corrected chi connectivity index (χ3v) is 5.84. The fraction of sp³-hybridized carbons (Fsp3) is 0.250. The lowest BCUT2D eigenvalue weighted by molar-refractivity contribution is 0.415. The van der Waals surface area contributed by atoms with E-state index in [1.165, 1.54) is 10.9 Å². The Balaban J connectivity index is 1.75. The quantitative estimate of drug-likeness (QED) is 0.524. The largest absolute Gasteiger partial charge is 0.497 e. The molecule has 0 atom stereocenters. The SMILES string of the molecule is COc1ccc(-c2c(O)n3nc(-c4ccccc4)c(N4CCCCC4)c3[nH]c2=O)cc1. The van der Waals surface area contributed by atoms with Crippen molar-refractivity contribution in [3.05, 3.63) is 65.0 Å². The molecule has 1 aliphatic heterocycles. The smallest absolute Gasteiger partial charge is 0.262 e. The van der Waals surface area contributed by atoms with E-state index < -0.39 is 0 Å². The van der Waals surface area contributed by atoms with Crippen molar-refractivity contribution >= 4 is 11.3 Å². The molecule has 2 aromatic carbocycles. The molecule has 0 amide bonds. The van der Waals surface area contributed by atoms with Crippen LogP contribution in [-0.4, -0.2) is 39.9 Å². The molecule has 0 unspecified atom stereocenters. The second kappa shape index (κ2) is 7.83. The zero-order valence-electron chi connectivity index (χ0n) is 17.3. The number of fused-ring (bicyclic) bond motifs is 1. The second-order valence-corrected chi connectivity index (χ2v) is 7.75. The first-order chi connectivity index (χ1) is 15.2. The molecule has 1 saturated heterocycles. The number of nitrogens with zero attached hydrogens (tertiary/aromatic N) is 3. The minimum Gasteiger partial charge on any atom is -0.497 e. The summed E-state index contributed by atoms with van der Waals surface area (Å²) in [6.07, 6.45) is 3.37. The van der Waals surface area contributed by atoms with Crippen molar-refractivity contribution in [2.75, 3.05) is 25.1 Å². The zero-order chi connectivity index (χ0) is 21.4. The van der Waals surface area contributed by atoms with Gasteiger partial charge in [-0.2, -0.15) is 9.61 Å². The highest BCUT2D eigenvalue weighted by Gasteiger charge is 2.26. The number of H-pyrrole nitrogens is 1. The minimum atomic E-state index is -0.354. The van der Waals surface area contributed by atoms with Crippen molar-refractivity contribution in [2.24, 2.45) is 0 Å². The number of hydrogen-bond donors (Lipinski definition) is 2. The van der Waals surface area contributed by atoms with E-state index in [2.05, 4.69) is 9.88 Å². The number of hydrogen-bond acceptors (Lipinski definition) is 5. The summed E-state index contributed by atoms with van der Waals surface area (Å²) in [5, 5.41) is 15.9. The average Bonchev–Trinajstić information content (AvgIpc) is 3.20. The molecule has 5 rings (SSSR count). The number of nitrogens with one attached hydrogen (secondary N) is 1. The summed E-state index contributed by atoms with van der Waals surface area (Å²) >= 11 is 0. The Hall–Kier alpha value is -3.74. The summed E-state index contributed by atoms with van der Waals surface area (Å²) in [6.45, 7) is 1.79. The highest BCUT2D eigenvalue weighted by molar-refractivity contribution is 5.87. The fourth-order valence-corrected chi connectivity index (χ4v) is 4.28. The summed E-state index contributed by atoms with van der Waals surface area (Å²) in [5.74, 6) is 0.503. The van der Waals surface area contributed by atoms with Crippen molar-refractivity contribution in [2.45, 2.75) is 19.3 Å². The van der Waals surface area contributed by atoms with Crippen LogP contribution in [0.2, 0.25) is 0 Å². The number of methoxy groups -OCH3 is 1. The van der Waals surface area contributed by atoms with Gasteiger partial charge in [0.05, 0.1) is 7.11 Å². The molecule has 0 aliphatic carbocycles. The predicted octanol–water partition coefficient (Wildman–Crippen LogP) is 4.06. The van der Waals surface area contributed by atoms with Crippen molar-refractivity contribution in [1.29, 1.82) is 0 Å². The lowest BCUT2D eigenvalue weighted by Crippen LogP contribution is -2.30. The number of aromatic hydroxyl groups is 1. The third-order valence-electron chi connectivity index (χ3n) is 5.84.